The number of hydrogen-bond donors (Lipinski definition) is 4. The van der Waals surface area contributed by atoms with Gasteiger partial charge in [0.25, 0.3) is 0 Å². The van der Waals surface area contributed by atoms with Crippen LogP contribution in [-0.2, 0) is 0 Å². The predicted molar refractivity (Wildman–Crippen MR) is 96.5 cm³/mol. The van der Waals surface area contributed by atoms with Gasteiger partial charge in [-0.3, -0.25) is 0 Å². The minimum Gasteiger partial charge on any atom is -0.508 e. The van der Waals surface area contributed by atoms with Gasteiger partial charge in [0, 0.05) is 29.7 Å². The lowest BCUT2D eigenvalue weighted by atomic mass is 10.2. The first-order chi connectivity index (χ1) is 12.7. The molecule has 0 radical (unpaired) electrons. The fraction of sp³-hybridized carbons (Fsp3) is 0. The molecule has 8 heteroatoms. The summed E-state index contributed by atoms with van der Waals surface area (Å²) in [7, 11) is 0. The number of phenols is 1. The number of nitrogens with one attached hydrogen (secondary N) is 3. The molecule has 2 heterocycles. The van der Waals surface area contributed by atoms with E-state index in [4.69, 9.17) is 4.74 Å². The number of fused-ring (bicyclic) bond motifs is 1. The molecule has 0 fully saturated rings. The van der Waals surface area contributed by atoms with E-state index in [2.05, 4.69) is 25.9 Å². The third kappa shape index (κ3) is 3.34. The lowest BCUT2D eigenvalue weighted by Gasteiger charge is -2.15. The summed E-state index contributed by atoms with van der Waals surface area (Å²) in [4.78, 5) is 8.06. The number of rotatable bonds is 4. The largest absolute Gasteiger partial charge is 0.508 e. The third-order valence-electron chi connectivity index (χ3n) is 3.59. The molecule has 0 saturated carbocycles. The van der Waals surface area contributed by atoms with Gasteiger partial charge in [0.1, 0.15) is 12.0 Å². The normalized spacial score (nSPS) is 11.9. The Balaban J connectivity index is 1.57. The molecule has 0 unspecified atom stereocenters. The molecule has 4 rings (SSSR count). The van der Waals surface area contributed by atoms with E-state index in [1.165, 1.54) is 12.3 Å². The van der Waals surface area contributed by atoms with Crippen molar-refractivity contribution in [2.45, 2.75) is 0 Å². The minimum atomic E-state index is -0.594. The summed E-state index contributed by atoms with van der Waals surface area (Å²) in [5.74, 6) is 0.334. The quantitative estimate of drug-likeness (QED) is 0.563. The number of phenolic OH excluding ortho intramolecular Hbond substituents is 1. The number of aromatic hydroxyl groups is 1. The molecular weight excluding hydrogens is 337 g/mol. The van der Waals surface area contributed by atoms with Crippen molar-refractivity contribution in [1.29, 1.82) is 0 Å². The van der Waals surface area contributed by atoms with Gasteiger partial charge in [0.2, 0.25) is 5.95 Å². The molecule has 1 aliphatic rings. The van der Waals surface area contributed by atoms with E-state index in [1.807, 2.05) is 6.07 Å². The number of hydrogen-bond acceptors (Lipinski definition) is 7. The highest BCUT2D eigenvalue weighted by Crippen LogP contribution is 2.32. The first-order valence-corrected chi connectivity index (χ1v) is 7.75. The Morgan fingerprint density at radius 2 is 1.96 bits per heavy atom. The van der Waals surface area contributed by atoms with E-state index in [1.54, 1.807) is 36.5 Å². The van der Waals surface area contributed by atoms with E-state index in [0.29, 0.717) is 17.1 Å². The highest BCUT2D eigenvalue weighted by atomic mass is 19.1. The van der Waals surface area contributed by atoms with Gasteiger partial charge in [0.05, 0.1) is 11.9 Å². The molecule has 2 aromatic carbocycles. The standard InChI is InChI=1S/C18H14FN5O2/c19-14-10-21-18(23-11-2-1-3-13(25)8-11)24-17(14)22-12-4-5-15-16(9-12)26-7-6-20-15/h1-10,20,25H,(H2,21,22,23,24). The second-order valence-corrected chi connectivity index (χ2v) is 5.47. The van der Waals surface area contributed by atoms with E-state index in [0.717, 1.165) is 11.9 Å². The van der Waals surface area contributed by atoms with Crippen LogP contribution in [0.15, 0.2) is 61.1 Å². The summed E-state index contributed by atoms with van der Waals surface area (Å²) in [6, 6.07) is 11.8. The molecule has 26 heavy (non-hydrogen) atoms. The Morgan fingerprint density at radius 3 is 2.85 bits per heavy atom. The molecule has 0 saturated heterocycles. The van der Waals surface area contributed by atoms with Gasteiger partial charge >= 0.3 is 0 Å². The number of aromatic nitrogens is 2. The van der Waals surface area contributed by atoms with Crippen LogP contribution in [0.1, 0.15) is 0 Å². The minimum absolute atomic E-state index is 0.0157. The van der Waals surface area contributed by atoms with Crippen molar-refractivity contribution in [3.63, 3.8) is 0 Å². The number of halogens is 1. The van der Waals surface area contributed by atoms with Crippen LogP contribution in [0.25, 0.3) is 0 Å². The van der Waals surface area contributed by atoms with Gasteiger partial charge in [-0.2, -0.15) is 4.98 Å². The molecule has 7 nitrogen and oxygen atoms in total. The Kier molecular flexibility index (Phi) is 3.98. The highest BCUT2D eigenvalue weighted by molar-refractivity contribution is 5.69. The molecule has 130 valence electrons. The molecule has 4 N–H and O–H groups in total. The maximum absolute atomic E-state index is 14.1. The summed E-state index contributed by atoms with van der Waals surface area (Å²) in [5, 5.41) is 18.4. The predicted octanol–water partition coefficient (Wildman–Crippen LogP) is 4.08. The van der Waals surface area contributed by atoms with E-state index in [9.17, 15) is 9.50 Å². The topological polar surface area (TPSA) is 91.3 Å². The lowest BCUT2D eigenvalue weighted by molar-refractivity contribution is 0.475. The lowest BCUT2D eigenvalue weighted by Crippen LogP contribution is -2.04. The van der Waals surface area contributed by atoms with Gasteiger partial charge in [-0.05, 0) is 24.3 Å². The van der Waals surface area contributed by atoms with Crippen LogP contribution in [0.2, 0.25) is 0 Å². The fourth-order valence-electron chi connectivity index (χ4n) is 2.41. The van der Waals surface area contributed by atoms with Crippen LogP contribution in [0.3, 0.4) is 0 Å². The van der Waals surface area contributed by atoms with Crippen molar-refractivity contribution in [1.82, 2.24) is 9.97 Å². The Labute approximate surface area is 148 Å². The summed E-state index contributed by atoms with van der Waals surface area (Å²) in [6.45, 7) is 0. The van der Waals surface area contributed by atoms with Crippen LogP contribution in [-0.4, -0.2) is 15.1 Å². The molecule has 0 spiro atoms. The number of ether oxygens (including phenoxy) is 1. The van der Waals surface area contributed by atoms with Crippen LogP contribution in [0.4, 0.5) is 33.2 Å². The third-order valence-corrected chi connectivity index (χ3v) is 3.59. The van der Waals surface area contributed by atoms with Crippen molar-refractivity contribution >= 4 is 28.8 Å². The first kappa shape index (κ1) is 15.7. The van der Waals surface area contributed by atoms with E-state index in [-0.39, 0.29) is 17.5 Å². The SMILES string of the molecule is Oc1cccc(Nc2ncc(F)c(Nc3ccc4c(c3)OC=CN4)n2)c1. The van der Waals surface area contributed by atoms with Crippen molar-refractivity contribution in [3.05, 3.63) is 66.9 Å². The van der Waals surface area contributed by atoms with E-state index < -0.39 is 5.82 Å². The summed E-state index contributed by atoms with van der Waals surface area (Å²) < 4.78 is 19.5. The second kappa shape index (κ2) is 6.60. The monoisotopic (exact) mass is 351 g/mol. The van der Waals surface area contributed by atoms with Crippen molar-refractivity contribution in [2.24, 2.45) is 0 Å². The zero-order valence-corrected chi connectivity index (χ0v) is 13.4. The highest BCUT2D eigenvalue weighted by Gasteiger charge is 2.11. The zero-order chi connectivity index (χ0) is 17.9. The molecule has 0 atom stereocenters. The molecule has 1 aromatic heterocycles. The smallest absolute Gasteiger partial charge is 0.229 e. The van der Waals surface area contributed by atoms with Crippen molar-refractivity contribution < 1.29 is 14.2 Å². The molecule has 0 amide bonds. The average Bonchev–Trinajstić information content (AvgIpc) is 2.64. The van der Waals surface area contributed by atoms with Gasteiger partial charge < -0.3 is 25.8 Å². The molecule has 0 bridgehead atoms. The number of anilines is 5. The van der Waals surface area contributed by atoms with Gasteiger partial charge in [-0.1, -0.05) is 6.07 Å². The van der Waals surface area contributed by atoms with E-state index >= 15 is 0 Å². The number of nitrogens with zero attached hydrogens (tertiary/aromatic N) is 2. The van der Waals surface area contributed by atoms with Crippen molar-refractivity contribution in [2.75, 3.05) is 16.0 Å². The Bertz CT molecular complexity index is 993. The van der Waals surface area contributed by atoms with Crippen LogP contribution >= 0.6 is 0 Å². The fourth-order valence-corrected chi connectivity index (χ4v) is 2.41. The van der Waals surface area contributed by atoms with Crippen LogP contribution < -0.4 is 20.7 Å². The Morgan fingerprint density at radius 1 is 1.08 bits per heavy atom. The first-order valence-electron chi connectivity index (χ1n) is 7.75. The summed E-state index contributed by atoms with van der Waals surface area (Å²) in [5.41, 5.74) is 2.01. The second-order valence-electron chi connectivity index (χ2n) is 5.47. The molecule has 3 aromatic rings. The van der Waals surface area contributed by atoms with Crippen molar-refractivity contribution in [3.8, 4) is 11.5 Å². The molecule has 0 aliphatic carbocycles. The van der Waals surface area contributed by atoms with Gasteiger partial charge in [0.15, 0.2) is 17.4 Å². The zero-order valence-electron chi connectivity index (χ0n) is 13.4. The maximum atomic E-state index is 14.1. The number of benzene rings is 2. The molecule has 1 aliphatic heterocycles. The van der Waals surface area contributed by atoms with Gasteiger partial charge in [-0.25, -0.2) is 9.37 Å². The summed E-state index contributed by atoms with van der Waals surface area (Å²) >= 11 is 0. The average molecular weight is 351 g/mol. The Hall–Kier alpha value is -3.81. The van der Waals surface area contributed by atoms with Gasteiger partial charge in [-0.15, -0.1) is 0 Å². The maximum Gasteiger partial charge on any atom is 0.229 e. The van der Waals surface area contributed by atoms with Crippen LogP contribution in [0, 0.1) is 5.82 Å². The summed E-state index contributed by atoms with van der Waals surface area (Å²) in [6.07, 6.45) is 4.27. The molecular formula is C18H14FN5O2. The van der Waals surface area contributed by atoms with Crippen LogP contribution in [0.5, 0.6) is 11.5 Å².